The van der Waals surface area contributed by atoms with Gasteiger partial charge in [0.05, 0.1) is 11.0 Å². The van der Waals surface area contributed by atoms with E-state index in [1.165, 1.54) is 12.1 Å². The number of benzene rings is 1. The number of ether oxygens (including phenoxy) is 1. The maximum Gasteiger partial charge on any atom is 0.253 e. The van der Waals surface area contributed by atoms with Crippen molar-refractivity contribution in [1.29, 1.82) is 0 Å². The first-order chi connectivity index (χ1) is 9.91. The molecule has 1 aliphatic heterocycles. The van der Waals surface area contributed by atoms with Crippen molar-refractivity contribution in [3.05, 3.63) is 29.8 Å². The lowest BCUT2D eigenvalue weighted by molar-refractivity contribution is 0.00723. The van der Waals surface area contributed by atoms with E-state index < -0.39 is 9.84 Å². The topological polar surface area (TPSA) is 63.7 Å². The van der Waals surface area contributed by atoms with Gasteiger partial charge < -0.3 is 9.64 Å². The summed E-state index contributed by atoms with van der Waals surface area (Å²) in [6.07, 6.45) is 3.08. The third kappa shape index (κ3) is 4.04. The Morgan fingerprint density at radius 2 is 2.19 bits per heavy atom. The van der Waals surface area contributed by atoms with Gasteiger partial charge in [-0.25, -0.2) is 8.42 Å². The van der Waals surface area contributed by atoms with E-state index in [0.717, 1.165) is 19.1 Å². The lowest BCUT2D eigenvalue weighted by Crippen LogP contribution is -2.43. The highest BCUT2D eigenvalue weighted by Crippen LogP contribution is 2.18. The maximum atomic E-state index is 12.5. The Balaban J connectivity index is 2.16. The van der Waals surface area contributed by atoms with Gasteiger partial charge in [-0.1, -0.05) is 6.07 Å². The van der Waals surface area contributed by atoms with Crippen LogP contribution >= 0.6 is 0 Å². The van der Waals surface area contributed by atoms with Gasteiger partial charge in [-0.2, -0.15) is 0 Å². The van der Waals surface area contributed by atoms with Crippen LogP contribution in [0.2, 0.25) is 0 Å². The fourth-order valence-electron chi connectivity index (χ4n) is 2.54. The average molecular weight is 311 g/mol. The SMILES string of the molecule is CCOC1CCCN(C(=O)c2cccc(S(C)(=O)=O)c2)C1. The molecule has 1 aliphatic rings. The van der Waals surface area contributed by atoms with Crippen molar-refractivity contribution in [1.82, 2.24) is 4.90 Å². The number of hydrogen-bond acceptors (Lipinski definition) is 4. The highest BCUT2D eigenvalue weighted by molar-refractivity contribution is 7.90. The number of carbonyl (C=O) groups is 1. The van der Waals surface area contributed by atoms with Gasteiger partial charge in [-0.15, -0.1) is 0 Å². The van der Waals surface area contributed by atoms with E-state index in [0.29, 0.717) is 25.3 Å². The molecule has 0 saturated carbocycles. The number of nitrogens with zero attached hydrogens (tertiary/aromatic N) is 1. The molecule has 21 heavy (non-hydrogen) atoms. The Morgan fingerprint density at radius 3 is 2.86 bits per heavy atom. The van der Waals surface area contributed by atoms with Gasteiger partial charge in [0.1, 0.15) is 0 Å². The summed E-state index contributed by atoms with van der Waals surface area (Å²) in [6.45, 7) is 3.83. The molecule has 0 bridgehead atoms. The summed E-state index contributed by atoms with van der Waals surface area (Å²) in [5, 5.41) is 0. The first kappa shape index (κ1) is 16.0. The summed E-state index contributed by atoms with van der Waals surface area (Å²) >= 11 is 0. The average Bonchev–Trinajstić information content (AvgIpc) is 2.46. The van der Waals surface area contributed by atoms with E-state index in [9.17, 15) is 13.2 Å². The van der Waals surface area contributed by atoms with Crippen LogP contribution in [0.5, 0.6) is 0 Å². The Labute approximate surface area is 125 Å². The molecule has 6 heteroatoms. The van der Waals surface area contributed by atoms with Gasteiger partial charge in [0.2, 0.25) is 0 Å². The fourth-order valence-corrected chi connectivity index (χ4v) is 3.20. The zero-order valence-corrected chi connectivity index (χ0v) is 13.2. The molecule has 116 valence electrons. The molecule has 2 rings (SSSR count). The zero-order valence-electron chi connectivity index (χ0n) is 12.4. The molecule has 1 aromatic carbocycles. The minimum Gasteiger partial charge on any atom is -0.377 e. The summed E-state index contributed by atoms with van der Waals surface area (Å²) in [4.78, 5) is 14.4. The second kappa shape index (κ2) is 6.58. The van der Waals surface area contributed by atoms with E-state index >= 15 is 0 Å². The van der Waals surface area contributed by atoms with Gasteiger partial charge in [0.25, 0.3) is 5.91 Å². The lowest BCUT2D eigenvalue weighted by Gasteiger charge is -2.32. The predicted molar refractivity (Wildman–Crippen MR) is 80.1 cm³/mol. The zero-order chi connectivity index (χ0) is 15.5. The molecule has 1 amide bonds. The second-order valence-electron chi connectivity index (χ2n) is 5.27. The molecular weight excluding hydrogens is 290 g/mol. The molecule has 5 nitrogen and oxygen atoms in total. The normalized spacial score (nSPS) is 19.5. The Kier molecular flexibility index (Phi) is 5.00. The fraction of sp³-hybridized carbons (Fsp3) is 0.533. The minimum absolute atomic E-state index is 0.0748. The summed E-state index contributed by atoms with van der Waals surface area (Å²) in [5.41, 5.74) is 0.412. The van der Waals surface area contributed by atoms with Crippen LogP contribution < -0.4 is 0 Å². The first-order valence-corrected chi connectivity index (χ1v) is 9.02. The third-order valence-electron chi connectivity index (χ3n) is 3.58. The van der Waals surface area contributed by atoms with Crippen LogP contribution in [-0.4, -0.2) is 51.3 Å². The van der Waals surface area contributed by atoms with Gasteiger partial charge >= 0.3 is 0 Å². The number of rotatable bonds is 4. The largest absolute Gasteiger partial charge is 0.377 e. The van der Waals surface area contributed by atoms with E-state index in [4.69, 9.17) is 4.74 Å². The smallest absolute Gasteiger partial charge is 0.253 e. The highest BCUT2D eigenvalue weighted by Gasteiger charge is 2.25. The molecule has 0 radical (unpaired) electrons. The Morgan fingerprint density at radius 1 is 1.43 bits per heavy atom. The van der Waals surface area contributed by atoms with E-state index in [1.807, 2.05) is 6.92 Å². The monoisotopic (exact) mass is 311 g/mol. The van der Waals surface area contributed by atoms with Gasteiger partial charge in [-0.05, 0) is 38.0 Å². The Bertz CT molecular complexity index is 610. The molecule has 1 saturated heterocycles. The molecule has 0 spiro atoms. The predicted octanol–water partition coefficient (Wildman–Crippen LogP) is 1.73. The molecule has 1 aromatic rings. The van der Waals surface area contributed by atoms with Crippen molar-refractivity contribution in [2.24, 2.45) is 0 Å². The summed E-state index contributed by atoms with van der Waals surface area (Å²) in [7, 11) is -3.30. The lowest BCUT2D eigenvalue weighted by atomic mass is 10.1. The maximum absolute atomic E-state index is 12.5. The van der Waals surface area contributed by atoms with Crippen molar-refractivity contribution >= 4 is 15.7 Å². The van der Waals surface area contributed by atoms with Crippen molar-refractivity contribution in [3.8, 4) is 0 Å². The van der Waals surface area contributed by atoms with Gasteiger partial charge in [0, 0.05) is 31.5 Å². The minimum atomic E-state index is -3.30. The summed E-state index contributed by atoms with van der Waals surface area (Å²) in [5.74, 6) is -0.134. The van der Waals surface area contributed by atoms with E-state index in [-0.39, 0.29) is 16.9 Å². The molecule has 1 fully saturated rings. The number of carbonyl (C=O) groups excluding carboxylic acids is 1. The van der Waals surface area contributed by atoms with Crippen LogP contribution in [0.4, 0.5) is 0 Å². The third-order valence-corrected chi connectivity index (χ3v) is 4.69. The van der Waals surface area contributed by atoms with Crippen molar-refractivity contribution < 1.29 is 17.9 Å². The molecule has 0 N–H and O–H groups in total. The number of sulfone groups is 1. The number of likely N-dealkylation sites (tertiary alicyclic amines) is 1. The Hall–Kier alpha value is -1.40. The molecule has 0 aliphatic carbocycles. The van der Waals surface area contributed by atoms with Crippen molar-refractivity contribution in [3.63, 3.8) is 0 Å². The van der Waals surface area contributed by atoms with Crippen LogP contribution in [0, 0.1) is 0 Å². The van der Waals surface area contributed by atoms with Crippen molar-refractivity contribution in [2.45, 2.75) is 30.8 Å². The highest BCUT2D eigenvalue weighted by atomic mass is 32.2. The van der Waals surface area contributed by atoms with Crippen LogP contribution in [0.15, 0.2) is 29.2 Å². The first-order valence-electron chi connectivity index (χ1n) is 7.13. The molecule has 1 atom stereocenters. The van der Waals surface area contributed by atoms with Crippen molar-refractivity contribution in [2.75, 3.05) is 26.0 Å². The molecular formula is C15H21NO4S. The van der Waals surface area contributed by atoms with E-state index in [1.54, 1.807) is 17.0 Å². The van der Waals surface area contributed by atoms with Crippen LogP contribution in [0.3, 0.4) is 0 Å². The van der Waals surface area contributed by atoms with Gasteiger partial charge in [0.15, 0.2) is 9.84 Å². The van der Waals surface area contributed by atoms with E-state index in [2.05, 4.69) is 0 Å². The summed E-state index contributed by atoms with van der Waals surface area (Å²) < 4.78 is 28.7. The van der Waals surface area contributed by atoms with Crippen LogP contribution in [0.1, 0.15) is 30.1 Å². The second-order valence-corrected chi connectivity index (χ2v) is 7.29. The van der Waals surface area contributed by atoms with Crippen LogP contribution in [0.25, 0.3) is 0 Å². The summed E-state index contributed by atoms with van der Waals surface area (Å²) in [6, 6.07) is 6.21. The standard InChI is InChI=1S/C15H21NO4S/c1-3-20-13-7-5-9-16(11-13)15(17)12-6-4-8-14(10-12)21(2,18)19/h4,6,8,10,13H,3,5,7,9,11H2,1-2H3. The van der Waals surface area contributed by atoms with Crippen LogP contribution in [-0.2, 0) is 14.6 Å². The molecule has 0 aromatic heterocycles. The number of amides is 1. The molecule has 1 heterocycles. The number of hydrogen-bond donors (Lipinski definition) is 0. The van der Waals surface area contributed by atoms with Gasteiger partial charge in [-0.3, -0.25) is 4.79 Å². The number of piperidine rings is 1. The quantitative estimate of drug-likeness (QED) is 0.849. The molecule has 1 unspecified atom stereocenters.